The first-order chi connectivity index (χ1) is 13.4. The number of amides is 1. The van der Waals surface area contributed by atoms with Crippen LogP contribution in [0.15, 0.2) is 48.5 Å². The predicted molar refractivity (Wildman–Crippen MR) is 97.3 cm³/mol. The van der Waals surface area contributed by atoms with E-state index in [9.17, 15) is 18.4 Å². The molecule has 0 unspecified atom stereocenters. The fourth-order valence-electron chi connectivity index (χ4n) is 3.98. The number of hydrogen-bond acceptors (Lipinski definition) is 3. The van der Waals surface area contributed by atoms with Crippen molar-refractivity contribution in [1.82, 2.24) is 4.90 Å². The van der Waals surface area contributed by atoms with E-state index >= 15 is 0 Å². The first-order valence-electron chi connectivity index (χ1n) is 9.08. The second-order valence-electron chi connectivity index (χ2n) is 7.29. The summed E-state index contributed by atoms with van der Waals surface area (Å²) in [5, 5.41) is 8.50. The molecule has 28 heavy (non-hydrogen) atoms. The van der Waals surface area contributed by atoms with Gasteiger partial charge in [0.2, 0.25) is 0 Å². The first kappa shape index (κ1) is 18.4. The summed E-state index contributed by atoms with van der Waals surface area (Å²) < 4.78 is 31.9. The Bertz CT molecular complexity index is 879. The maximum atomic E-state index is 13.2. The number of rotatable bonds is 5. The average molecular weight is 387 g/mol. The first-order valence-corrected chi connectivity index (χ1v) is 9.08. The molecule has 4 rings (SSSR count). The molecule has 0 aromatic heterocycles. The SMILES string of the molecule is O=C(OCC1c2ccccc2-c2ccccc21)N1CC(CC(F)(F)C(=O)O)C1. The van der Waals surface area contributed by atoms with Crippen molar-refractivity contribution in [2.24, 2.45) is 5.92 Å². The van der Waals surface area contributed by atoms with Gasteiger partial charge in [-0.2, -0.15) is 8.78 Å². The Morgan fingerprint density at radius 3 is 2.11 bits per heavy atom. The molecule has 0 bridgehead atoms. The molecule has 1 heterocycles. The lowest BCUT2D eigenvalue weighted by molar-refractivity contribution is -0.169. The number of halogens is 2. The smallest absolute Gasteiger partial charge is 0.409 e. The molecule has 5 nitrogen and oxygen atoms in total. The number of alkyl halides is 2. The normalized spacial score (nSPS) is 16.3. The topological polar surface area (TPSA) is 66.8 Å². The summed E-state index contributed by atoms with van der Waals surface area (Å²) >= 11 is 0. The summed E-state index contributed by atoms with van der Waals surface area (Å²) in [6, 6.07) is 15.9. The van der Waals surface area contributed by atoms with Crippen molar-refractivity contribution in [3.63, 3.8) is 0 Å². The monoisotopic (exact) mass is 387 g/mol. The van der Waals surface area contributed by atoms with E-state index < -0.39 is 30.3 Å². The van der Waals surface area contributed by atoms with Gasteiger partial charge in [0.25, 0.3) is 0 Å². The number of likely N-dealkylation sites (tertiary alicyclic amines) is 1. The molecule has 2 aliphatic rings. The minimum Gasteiger partial charge on any atom is -0.477 e. The number of benzene rings is 2. The minimum atomic E-state index is -3.77. The van der Waals surface area contributed by atoms with Gasteiger partial charge in [-0.25, -0.2) is 9.59 Å². The van der Waals surface area contributed by atoms with Crippen molar-refractivity contribution in [2.75, 3.05) is 19.7 Å². The summed E-state index contributed by atoms with van der Waals surface area (Å²) in [7, 11) is 0. The highest BCUT2D eigenvalue weighted by Gasteiger charge is 2.45. The van der Waals surface area contributed by atoms with E-state index in [1.807, 2.05) is 48.5 Å². The van der Waals surface area contributed by atoms with Crippen molar-refractivity contribution in [3.05, 3.63) is 59.7 Å². The van der Waals surface area contributed by atoms with Gasteiger partial charge in [-0.1, -0.05) is 48.5 Å². The van der Waals surface area contributed by atoms with E-state index in [0.29, 0.717) is 0 Å². The van der Waals surface area contributed by atoms with Crippen LogP contribution in [0.2, 0.25) is 0 Å². The van der Waals surface area contributed by atoms with Gasteiger partial charge in [0.05, 0.1) is 0 Å². The van der Waals surface area contributed by atoms with Gasteiger partial charge in [0.1, 0.15) is 6.61 Å². The van der Waals surface area contributed by atoms with Gasteiger partial charge in [-0.05, 0) is 22.3 Å². The minimum absolute atomic E-state index is 0.0650. The molecule has 1 aliphatic heterocycles. The maximum absolute atomic E-state index is 13.2. The van der Waals surface area contributed by atoms with Crippen LogP contribution in [0.25, 0.3) is 11.1 Å². The number of carbonyl (C=O) groups is 2. The zero-order valence-corrected chi connectivity index (χ0v) is 15.0. The summed E-state index contributed by atoms with van der Waals surface area (Å²) in [5.41, 5.74) is 4.44. The Balaban J connectivity index is 1.36. The highest BCUT2D eigenvalue weighted by Crippen LogP contribution is 2.44. The van der Waals surface area contributed by atoms with Crippen LogP contribution >= 0.6 is 0 Å². The lowest BCUT2D eigenvalue weighted by Crippen LogP contribution is -2.52. The number of nitrogens with zero attached hydrogens (tertiary/aromatic N) is 1. The standard InChI is InChI=1S/C21H19F2NO4/c22-21(23,19(25)26)9-13-10-24(11-13)20(27)28-12-18-16-7-3-1-5-14(16)15-6-2-4-8-17(15)18/h1-8,13,18H,9-12H2,(H,25,26). The number of carbonyl (C=O) groups excluding carboxylic acids is 1. The van der Waals surface area contributed by atoms with Crippen molar-refractivity contribution >= 4 is 12.1 Å². The number of carboxylic acids is 1. The predicted octanol–water partition coefficient (Wildman–Crippen LogP) is 3.98. The van der Waals surface area contributed by atoms with Gasteiger partial charge in [-0.3, -0.25) is 0 Å². The Labute approximate surface area is 160 Å². The van der Waals surface area contributed by atoms with Gasteiger partial charge in [0.15, 0.2) is 0 Å². The lowest BCUT2D eigenvalue weighted by atomic mass is 9.93. The maximum Gasteiger partial charge on any atom is 0.409 e. The molecule has 0 saturated carbocycles. The van der Waals surface area contributed by atoms with Crippen LogP contribution in [-0.4, -0.2) is 47.7 Å². The van der Waals surface area contributed by atoms with Crippen molar-refractivity contribution < 1.29 is 28.2 Å². The lowest BCUT2D eigenvalue weighted by Gasteiger charge is -2.39. The Morgan fingerprint density at radius 1 is 1.04 bits per heavy atom. The summed E-state index contributed by atoms with van der Waals surface area (Å²) in [4.78, 5) is 24.1. The van der Waals surface area contributed by atoms with Crippen LogP contribution in [-0.2, 0) is 9.53 Å². The molecule has 7 heteroatoms. The number of aliphatic carboxylic acids is 1. The van der Waals surface area contributed by atoms with E-state index in [1.165, 1.54) is 4.90 Å². The van der Waals surface area contributed by atoms with Gasteiger partial charge < -0.3 is 14.7 Å². The molecular weight excluding hydrogens is 368 g/mol. The second-order valence-corrected chi connectivity index (χ2v) is 7.29. The van der Waals surface area contributed by atoms with E-state index in [-0.39, 0.29) is 25.6 Å². The number of hydrogen-bond donors (Lipinski definition) is 1. The molecule has 1 amide bonds. The molecule has 1 N–H and O–H groups in total. The molecule has 2 aromatic rings. The van der Waals surface area contributed by atoms with Crippen LogP contribution in [0.4, 0.5) is 13.6 Å². The zero-order valence-electron chi connectivity index (χ0n) is 15.0. The Kier molecular flexibility index (Phi) is 4.53. The number of fused-ring (bicyclic) bond motifs is 3. The fourth-order valence-corrected chi connectivity index (χ4v) is 3.98. The molecule has 146 valence electrons. The van der Waals surface area contributed by atoms with Crippen LogP contribution in [0.3, 0.4) is 0 Å². The Morgan fingerprint density at radius 2 is 1.57 bits per heavy atom. The van der Waals surface area contributed by atoms with Crippen LogP contribution in [0.1, 0.15) is 23.5 Å². The molecule has 2 aromatic carbocycles. The molecule has 0 atom stereocenters. The van der Waals surface area contributed by atoms with Crippen molar-refractivity contribution in [1.29, 1.82) is 0 Å². The van der Waals surface area contributed by atoms with E-state index in [1.54, 1.807) is 0 Å². The van der Waals surface area contributed by atoms with E-state index in [0.717, 1.165) is 22.3 Å². The third-order valence-corrected chi connectivity index (χ3v) is 5.41. The third-order valence-electron chi connectivity index (χ3n) is 5.41. The molecule has 1 aliphatic carbocycles. The molecule has 1 fully saturated rings. The van der Waals surface area contributed by atoms with Crippen molar-refractivity contribution in [2.45, 2.75) is 18.3 Å². The van der Waals surface area contributed by atoms with Gasteiger partial charge in [-0.15, -0.1) is 0 Å². The van der Waals surface area contributed by atoms with Gasteiger partial charge >= 0.3 is 18.0 Å². The van der Waals surface area contributed by atoms with Crippen molar-refractivity contribution in [3.8, 4) is 11.1 Å². The summed E-state index contributed by atoms with van der Waals surface area (Å²) in [6.07, 6.45) is -1.33. The zero-order chi connectivity index (χ0) is 19.9. The number of ether oxygens (including phenoxy) is 1. The highest BCUT2D eigenvalue weighted by molar-refractivity contribution is 5.79. The van der Waals surface area contributed by atoms with E-state index in [4.69, 9.17) is 9.84 Å². The average Bonchev–Trinajstić information content (AvgIpc) is 2.96. The van der Waals surface area contributed by atoms with Crippen LogP contribution in [0, 0.1) is 5.92 Å². The van der Waals surface area contributed by atoms with Gasteiger partial charge in [0, 0.05) is 31.3 Å². The van der Waals surface area contributed by atoms with E-state index in [2.05, 4.69) is 0 Å². The fraction of sp³-hybridized carbons (Fsp3) is 0.333. The third kappa shape index (κ3) is 3.21. The summed E-state index contributed by atoms with van der Waals surface area (Å²) in [5.74, 6) is -6.50. The number of carboxylic acid groups (broad SMARTS) is 1. The molecule has 1 saturated heterocycles. The highest BCUT2D eigenvalue weighted by atomic mass is 19.3. The summed E-state index contributed by atoms with van der Waals surface area (Å²) in [6.45, 7) is 0.332. The van der Waals surface area contributed by atoms with Crippen LogP contribution in [0.5, 0.6) is 0 Å². The second kappa shape index (κ2) is 6.89. The molecular formula is C21H19F2NO4. The molecule has 0 spiro atoms. The Hall–Kier alpha value is -2.96. The molecule has 0 radical (unpaired) electrons. The van der Waals surface area contributed by atoms with Crippen LogP contribution < -0.4 is 0 Å². The quantitative estimate of drug-likeness (QED) is 0.843. The largest absolute Gasteiger partial charge is 0.477 e.